The number of carboxylic acids is 1. The van der Waals surface area contributed by atoms with Crippen LogP contribution in [0, 0.1) is 0 Å². The molecule has 1 aromatic carbocycles. The van der Waals surface area contributed by atoms with Gasteiger partial charge in [0.1, 0.15) is 18.1 Å². The number of amides is 4. The lowest BCUT2D eigenvalue weighted by Crippen LogP contribution is -2.57. The molecule has 0 bridgehead atoms. The van der Waals surface area contributed by atoms with Crippen molar-refractivity contribution >= 4 is 29.6 Å². The molecule has 0 fully saturated rings. The zero-order valence-electron chi connectivity index (χ0n) is 19.8. The smallest absolute Gasteiger partial charge is 0.325 e. The molecule has 0 aliphatic carbocycles. The Labute approximate surface area is 207 Å². The Morgan fingerprint density at radius 1 is 0.972 bits per heavy atom. The number of carbonyl (C=O) groups excluding carboxylic acids is 4. The molecule has 13 heteroatoms. The average Bonchev–Trinajstić information content (AvgIpc) is 3.34. The lowest BCUT2D eigenvalue weighted by molar-refractivity contribution is -0.141. The van der Waals surface area contributed by atoms with E-state index in [1.807, 2.05) is 0 Å². The summed E-state index contributed by atoms with van der Waals surface area (Å²) in [6.07, 6.45) is 2.79. The van der Waals surface area contributed by atoms with Gasteiger partial charge in [-0.15, -0.1) is 0 Å². The molecule has 0 saturated carbocycles. The standard InChI is InChI=1S/C23H31N7O6/c1-13(23(35)36)28-22(34)18(9-14-5-3-2-4-6-14)30-21(33)17(7-8-19(25)31)29-20(32)16(24)10-15-11-26-12-27-15/h2-6,11-13,16-18H,7-10,24H2,1H3,(H2,25,31)(H,26,27)(H,28,34)(H,29,32)(H,30,33)(H,35,36). The van der Waals surface area contributed by atoms with Gasteiger partial charge in [0, 0.05) is 31.2 Å². The van der Waals surface area contributed by atoms with Gasteiger partial charge in [-0.1, -0.05) is 30.3 Å². The molecule has 4 unspecified atom stereocenters. The van der Waals surface area contributed by atoms with E-state index in [0.29, 0.717) is 11.3 Å². The number of aromatic amines is 1. The fraction of sp³-hybridized carbons (Fsp3) is 0.391. The molecule has 0 aliphatic rings. The molecule has 2 rings (SSSR count). The van der Waals surface area contributed by atoms with Crippen LogP contribution in [0.2, 0.25) is 0 Å². The third-order valence-electron chi connectivity index (χ3n) is 5.29. The quantitative estimate of drug-likeness (QED) is 0.158. The van der Waals surface area contributed by atoms with Crippen LogP contribution in [0.1, 0.15) is 31.0 Å². The number of nitrogens with zero attached hydrogens (tertiary/aromatic N) is 1. The van der Waals surface area contributed by atoms with E-state index in [1.54, 1.807) is 30.3 Å². The van der Waals surface area contributed by atoms with Crippen LogP contribution in [0.4, 0.5) is 0 Å². The second-order valence-electron chi connectivity index (χ2n) is 8.27. The minimum Gasteiger partial charge on any atom is -0.480 e. The summed E-state index contributed by atoms with van der Waals surface area (Å²) in [5, 5.41) is 16.5. The number of primary amides is 1. The van der Waals surface area contributed by atoms with Crippen molar-refractivity contribution in [1.29, 1.82) is 0 Å². The fourth-order valence-electron chi connectivity index (χ4n) is 3.27. The van der Waals surface area contributed by atoms with Crippen molar-refractivity contribution in [3.05, 3.63) is 54.1 Å². The minimum atomic E-state index is -1.24. The summed E-state index contributed by atoms with van der Waals surface area (Å²) in [6, 6.07) is 4.18. The average molecular weight is 502 g/mol. The van der Waals surface area contributed by atoms with Gasteiger partial charge in [0.25, 0.3) is 0 Å². The van der Waals surface area contributed by atoms with Crippen molar-refractivity contribution in [3.63, 3.8) is 0 Å². The van der Waals surface area contributed by atoms with Crippen molar-refractivity contribution in [2.75, 3.05) is 0 Å². The van der Waals surface area contributed by atoms with Gasteiger partial charge < -0.3 is 37.5 Å². The molecule has 9 N–H and O–H groups in total. The number of imidazole rings is 1. The number of carboxylic acid groups (broad SMARTS) is 1. The number of nitrogens with two attached hydrogens (primary N) is 2. The third-order valence-corrected chi connectivity index (χ3v) is 5.29. The van der Waals surface area contributed by atoms with Gasteiger partial charge in [-0.05, 0) is 18.9 Å². The molecule has 0 radical (unpaired) electrons. The van der Waals surface area contributed by atoms with Crippen LogP contribution in [0.25, 0.3) is 0 Å². The number of hydrogen-bond donors (Lipinski definition) is 7. The van der Waals surface area contributed by atoms with Crippen LogP contribution in [0.3, 0.4) is 0 Å². The number of rotatable bonds is 14. The maximum atomic E-state index is 13.1. The van der Waals surface area contributed by atoms with E-state index >= 15 is 0 Å². The van der Waals surface area contributed by atoms with E-state index in [-0.39, 0.29) is 25.7 Å². The van der Waals surface area contributed by atoms with Crippen LogP contribution in [-0.4, -0.2) is 68.8 Å². The summed E-state index contributed by atoms with van der Waals surface area (Å²) in [5.74, 6) is -4.06. The summed E-state index contributed by atoms with van der Waals surface area (Å²) >= 11 is 0. The van der Waals surface area contributed by atoms with E-state index in [2.05, 4.69) is 25.9 Å². The zero-order valence-corrected chi connectivity index (χ0v) is 19.8. The maximum absolute atomic E-state index is 13.1. The van der Waals surface area contributed by atoms with Crippen LogP contribution >= 0.6 is 0 Å². The molecule has 13 nitrogen and oxygen atoms in total. The Morgan fingerprint density at radius 2 is 1.61 bits per heavy atom. The number of aromatic nitrogens is 2. The summed E-state index contributed by atoms with van der Waals surface area (Å²) in [5.41, 5.74) is 12.5. The summed E-state index contributed by atoms with van der Waals surface area (Å²) in [4.78, 5) is 67.8. The Hall–Kier alpha value is -4.26. The number of benzene rings is 1. The number of hydrogen-bond acceptors (Lipinski definition) is 7. The first-order valence-electron chi connectivity index (χ1n) is 11.3. The highest BCUT2D eigenvalue weighted by molar-refractivity contribution is 5.94. The highest BCUT2D eigenvalue weighted by Gasteiger charge is 2.30. The van der Waals surface area contributed by atoms with Crippen molar-refractivity contribution in [2.24, 2.45) is 11.5 Å². The SMILES string of the molecule is CC(NC(=O)C(Cc1ccccc1)NC(=O)C(CCC(N)=O)NC(=O)C(N)Cc1cnc[nH]1)C(=O)O. The fourth-order valence-corrected chi connectivity index (χ4v) is 3.27. The van der Waals surface area contributed by atoms with E-state index in [9.17, 15) is 24.0 Å². The van der Waals surface area contributed by atoms with Crippen LogP contribution < -0.4 is 27.4 Å². The molecule has 4 amide bonds. The Morgan fingerprint density at radius 3 is 2.19 bits per heavy atom. The normalized spacial score (nSPS) is 14.1. The predicted octanol–water partition coefficient (Wildman–Crippen LogP) is -1.65. The van der Waals surface area contributed by atoms with E-state index in [1.165, 1.54) is 19.4 Å². The Balaban J connectivity index is 2.16. The van der Waals surface area contributed by atoms with Crippen LogP contribution in [0.5, 0.6) is 0 Å². The van der Waals surface area contributed by atoms with Crippen LogP contribution in [0.15, 0.2) is 42.9 Å². The molecule has 36 heavy (non-hydrogen) atoms. The molecule has 4 atom stereocenters. The molecule has 1 aromatic heterocycles. The summed E-state index contributed by atoms with van der Waals surface area (Å²) < 4.78 is 0. The Kier molecular flexibility index (Phi) is 10.6. The lowest BCUT2D eigenvalue weighted by Gasteiger charge is -2.24. The predicted molar refractivity (Wildman–Crippen MR) is 128 cm³/mol. The first-order chi connectivity index (χ1) is 17.1. The number of nitrogens with one attached hydrogen (secondary N) is 4. The second-order valence-corrected chi connectivity index (χ2v) is 8.27. The van der Waals surface area contributed by atoms with Crippen LogP contribution in [-0.2, 0) is 36.8 Å². The monoisotopic (exact) mass is 501 g/mol. The van der Waals surface area contributed by atoms with Gasteiger partial charge in [0.2, 0.25) is 23.6 Å². The molecule has 0 spiro atoms. The molecule has 0 aliphatic heterocycles. The second kappa shape index (κ2) is 13.6. The molecule has 0 saturated heterocycles. The lowest BCUT2D eigenvalue weighted by atomic mass is 10.0. The van der Waals surface area contributed by atoms with Crippen molar-refractivity contribution in [3.8, 4) is 0 Å². The molecular weight excluding hydrogens is 470 g/mol. The number of aliphatic carboxylic acids is 1. The number of carbonyl (C=O) groups is 5. The van der Waals surface area contributed by atoms with E-state index < -0.39 is 53.8 Å². The van der Waals surface area contributed by atoms with Gasteiger partial charge in [-0.25, -0.2) is 4.98 Å². The van der Waals surface area contributed by atoms with E-state index in [4.69, 9.17) is 16.6 Å². The van der Waals surface area contributed by atoms with Gasteiger partial charge in [0.05, 0.1) is 12.4 Å². The molecule has 2 aromatic rings. The first kappa shape index (κ1) is 28.0. The zero-order chi connectivity index (χ0) is 26.7. The van der Waals surface area contributed by atoms with E-state index in [0.717, 1.165) is 0 Å². The Bertz CT molecular complexity index is 1040. The van der Waals surface area contributed by atoms with Crippen molar-refractivity contribution in [2.45, 2.75) is 56.8 Å². The topological polar surface area (TPSA) is 222 Å². The highest BCUT2D eigenvalue weighted by Crippen LogP contribution is 2.07. The molecule has 194 valence electrons. The van der Waals surface area contributed by atoms with Gasteiger partial charge in [-0.2, -0.15) is 0 Å². The van der Waals surface area contributed by atoms with Gasteiger partial charge in [-0.3, -0.25) is 24.0 Å². The van der Waals surface area contributed by atoms with Crippen molar-refractivity contribution in [1.82, 2.24) is 25.9 Å². The van der Waals surface area contributed by atoms with Gasteiger partial charge in [0.15, 0.2) is 0 Å². The van der Waals surface area contributed by atoms with Crippen molar-refractivity contribution < 1.29 is 29.1 Å². The van der Waals surface area contributed by atoms with Gasteiger partial charge >= 0.3 is 5.97 Å². The summed E-state index contributed by atoms with van der Waals surface area (Å²) in [7, 11) is 0. The summed E-state index contributed by atoms with van der Waals surface area (Å²) in [6.45, 7) is 1.29. The third kappa shape index (κ3) is 9.18. The highest BCUT2D eigenvalue weighted by atomic mass is 16.4. The first-order valence-corrected chi connectivity index (χ1v) is 11.3. The minimum absolute atomic E-state index is 0.0561. The molecule has 1 heterocycles. The largest absolute Gasteiger partial charge is 0.480 e. The molecular formula is C23H31N7O6. The number of H-pyrrole nitrogens is 1. The maximum Gasteiger partial charge on any atom is 0.325 e.